The third-order valence-corrected chi connectivity index (χ3v) is 5.12. The highest BCUT2D eigenvalue weighted by molar-refractivity contribution is 5.83. The average Bonchev–Trinajstić information content (AvgIpc) is 2.72. The van der Waals surface area contributed by atoms with Gasteiger partial charge in [0.1, 0.15) is 6.04 Å². The lowest BCUT2D eigenvalue weighted by molar-refractivity contribution is -0.143. The number of carbonyl (C=O) groups is 2. The predicted molar refractivity (Wildman–Crippen MR) is 116 cm³/mol. The van der Waals surface area contributed by atoms with Gasteiger partial charge in [0.15, 0.2) is 0 Å². The van der Waals surface area contributed by atoms with Crippen LogP contribution in [0.5, 0.6) is 0 Å². The molecule has 1 amide bonds. The minimum absolute atomic E-state index is 0.0859. The molecule has 156 valence electrons. The number of carboxylic acid groups (broad SMARTS) is 2. The molecule has 0 radical (unpaired) electrons. The van der Waals surface area contributed by atoms with Crippen molar-refractivity contribution in [3.05, 3.63) is 66.4 Å². The van der Waals surface area contributed by atoms with E-state index in [1.165, 1.54) is 0 Å². The van der Waals surface area contributed by atoms with Crippen LogP contribution in [-0.2, 0) is 11.2 Å². The van der Waals surface area contributed by atoms with Crippen molar-refractivity contribution in [3.8, 4) is 11.1 Å². The van der Waals surface area contributed by atoms with Gasteiger partial charge in [-0.05, 0) is 42.0 Å². The van der Waals surface area contributed by atoms with Crippen LogP contribution in [0, 0.1) is 5.92 Å². The van der Waals surface area contributed by atoms with Gasteiger partial charge in [0, 0.05) is 23.7 Å². The minimum Gasteiger partial charge on any atom is -0.480 e. The zero-order valence-corrected chi connectivity index (χ0v) is 17.2. The molecule has 0 aliphatic heterocycles. The first-order valence-corrected chi connectivity index (χ1v) is 10.0. The first kappa shape index (κ1) is 21.3. The van der Waals surface area contributed by atoms with E-state index in [1.807, 2.05) is 68.6 Å². The summed E-state index contributed by atoms with van der Waals surface area (Å²) < 4.78 is 0. The number of carboxylic acids is 1. The standard InChI is InChI=1S/C24H26N2O4/c1-16(2)13-22(23(27)28)26(24(29)30)12-11-17-7-9-18(10-8-17)20-14-19-5-3-4-6-21(19)25-15-20/h3-10,14-16,22H,11-13H2,1-2H3,(H,27,28)(H,29,30)/t22-/m0/s1. The maximum absolute atomic E-state index is 11.7. The zero-order chi connectivity index (χ0) is 21.7. The topological polar surface area (TPSA) is 90.7 Å². The van der Waals surface area contributed by atoms with Crippen LogP contribution >= 0.6 is 0 Å². The monoisotopic (exact) mass is 406 g/mol. The summed E-state index contributed by atoms with van der Waals surface area (Å²) in [5, 5.41) is 20.1. The van der Waals surface area contributed by atoms with Crippen molar-refractivity contribution in [3.63, 3.8) is 0 Å². The number of nitrogens with zero attached hydrogens (tertiary/aromatic N) is 2. The summed E-state index contributed by atoms with van der Waals surface area (Å²) in [5.74, 6) is -1.02. The molecule has 3 rings (SSSR count). The molecule has 2 N–H and O–H groups in total. The van der Waals surface area contributed by atoms with E-state index in [0.717, 1.165) is 32.5 Å². The largest absolute Gasteiger partial charge is 0.480 e. The van der Waals surface area contributed by atoms with E-state index < -0.39 is 18.1 Å². The van der Waals surface area contributed by atoms with Crippen molar-refractivity contribution >= 4 is 23.0 Å². The number of hydrogen-bond acceptors (Lipinski definition) is 3. The van der Waals surface area contributed by atoms with E-state index in [2.05, 4.69) is 11.1 Å². The first-order valence-electron chi connectivity index (χ1n) is 10.0. The molecule has 30 heavy (non-hydrogen) atoms. The highest BCUT2D eigenvalue weighted by atomic mass is 16.4. The number of aromatic nitrogens is 1. The second-order valence-corrected chi connectivity index (χ2v) is 7.82. The molecule has 1 atom stereocenters. The van der Waals surface area contributed by atoms with Crippen LogP contribution in [0.15, 0.2) is 60.8 Å². The van der Waals surface area contributed by atoms with E-state index >= 15 is 0 Å². The van der Waals surface area contributed by atoms with Crippen LogP contribution in [-0.4, -0.2) is 44.7 Å². The van der Waals surface area contributed by atoms with E-state index in [0.29, 0.717) is 6.42 Å². The summed E-state index contributed by atoms with van der Waals surface area (Å²) in [6.07, 6.45) is 1.37. The van der Waals surface area contributed by atoms with Crippen molar-refractivity contribution in [1.82, 2.24) is 9.88 Å². The van der Waals surface area contributed by atoms with Crippen molar-refractivity contribution < 1.29 is 19.8 Å². The number of amides is 1. The Morgan fingerprint density at radius 1 is 1.00 bits per heavy atom. The van der Waals surface area contributed by atoms with Crippen LogP contribution < -0.4 is 0 Å². The van der Waals surface area contributed by atoms with Crippen molar-refractivity contribution in [2.75, 3.05) is 6.54 Å². The number of pyridine rings is 1. The molecule has 1 aromatic heterocycles. The van der Waals surface area contributed by atoms with Gasteiger partial charge < -0.3 is 10.2 Å². The quantitative estimate of drug-likeness (QED) is 0.554. The summed E-state index contributed by atoms with van der Waals surface area (Å²) in [7, 11) is 0. The van der Waals surface area contributed by atoms with Crippen LogP contribution in [0.1, 0.15) is 25.8 Å². The van der Waals surface area contributed by atoms with Gasteiger partial charge in [-0.1, -0.05) is 56.3 Å². The molecule has 0 unspecified atom stereocenters. The van der Waals surface area contributed by atoms with E-state index in [1.54, 1.807) is 0 Å². The second-order valence-electron chi connectivity index (χ2n) is 7.82. The van der Waals surface area contributed by atoms with E-state index in [4.69, 9.17) is 0 Å². The Morgan fingerprint density at radius 2 is 1.70 bits per heavy atom. The van der Waals surface area contributed by atoms with Gasteiger partial charge in [0.2, 0.25) is 0 Å². The zero-order valence-electron chi connectivity index (χ0n) is 17.2. The lowest BCUT2D eigenvalue weighted by Crippen LogP contribution is -2.46. The Labute approximate surface area is 175 Å². The number of benzene rings is 2. The Morgan fingerprint density at radius 3 is 2.33 bits per heavy atom. The minimum atomic E-state index is -1.21. The third-order valence-electron chi connectivity index (χ3n) is 5.12. The van der Waals surface area contributed by atoms with Crippen molar-refractivity contribution in [1.29, 1.82) is 0 Å². The van der Waals surface area contributed by atoms with Gasteiger partial charge in [0.25, 0.3) is 0 Å². The Bertz CT molecular complexity index is 1030. The predicted octanol–water partition coefficient (Wildman–Crippen LogP) is 4.92. The molecule has 0 bridgehead atoms. The Balaban J connectivity index is 1.72. The highest BCUT2D eigenvalue weighted by Crippen LogP contribution is 2.23. The fourth-order valence-corrected chi connectivity index (χ4v) is 3.54. The molecule has 0 aliphatic rings. The summed E-state index contributed by atoms with van der Waals surface area (Å²) in [6, 6.07) is 16.8. The van der Waals surface area contributed by atoms with Crippen LogP contribution in [0.3, 0.4) is 0 Å². The van der Waals surface area contributed by atoms with Gasteiger partial charge in [-0.3, -0.25) is 9.88 Å². The SMILES string of the molecule is CC(C)C[C@@H](C(=O)O)N(CCc1ccc(-c2cnc3ccccc3c2)cc1)C(=O)O. The van der Waals surface area contributed by atoms with Gasteiger partial charge >= 0.3 is 12.1 Å². The van der Waals surface area contributed by atoms with Gasteiger partial charge in [-0.2, -0.15) is 0 Å². The summed E-state index contributed by atoms with van der Waals surface area (Å²) in [4.78, 5) is 28.7. The Kier molecular flexibility index (Phi) is 6.67. The lowest BCUT2D eigenvalue weighted by atomic mass is 10.0. The lowest BCUT2D eigenvalue weighted by Gasteiger charge is -2.27. The normalized spacial score (nSPS) is 12.1. The van der Waals surface area contributed by atoms with E-state index in [9.17, 15) is 19.8 Å². The average molecular weight is 406 g/mol. The molecule has 0 aliphatic carbocycles. The van der Waals surface area contributed by atoms with Gasteiger partial charge in [-0.15, -0.1) is 0 Å². The molecule has 0 saturated carbocycles. The molecule has 1 heterocycles. The smallest absolute Gasteiger partial charge is 0.408 e. The summed E-state index contributed by atoms with van der Waals surface area (Å²) >= 11 is 0. The number of hydrogen-bond donors (Lipinski definition) is 2. The maximum atomic E-state index is 11.7. The molecule has 6 nitrogen and oxygen atoms in total. The van der Waals surface area contributed by atoms with Crippen LogP contribution in [0.25, 0.3) is 22.0 Å². The molecule has 0 spiro atoms. The summed E-state index contributed by atoms with van der Waals surface area (Å²) in [5.41, 5.74) is 3.93. The molecule has 6 heteroatoms. The number of rotatable bonds is 8. The number of fused-ring (bicyclic) bond motifs is 1. The van der Waals surface area contributed by atoms with Crippen molar-refractivity contribution in [2.45, 2.75) is 32.7 Å². The van der Waals surface area contributed by atoms with Gasteiger partial charge in [-0.25, -0.2) is 9.59 Å². The Hall–Kier alpha value is -3.41. The molecular weight excluding hydrogens is 380 g/mol. The molecule has 2 aromatic carbocycles. The third kappa shape index (κ3) is 5.14. The fraction of sp³-hybridized carbons (Fsp3) is 0.292. The second kappa shape index (κ2) is 9.39. The highest BCUT2D eigenvalue weighted by Gasteiger charge is 2.29. The molecule has 3 aromatic rings. The van der Waals surface area contributed by atoms with Crippen LogP contribution in [0.4, 0.5) is 4.79 Å². The molecule has 0 saturated heterocycles. The van der Waals surface area contributed by atoms with Gasteiger partial charge in [0.05, 0.1) is 5.52 Å². The van der Waals surface area contributed by atoms with Crippen LogP contribution in [0.2, 0.25) is 0 Å². The molecule has 0 fully saturated rings. The number of para-hydroxylation sites is 1. The fourth-order valence-electron chi connectivity index (χ4n) is 3.54. The summed E-state index contributed by atoms with van der Waals surface area (Å²) in [6.45, 7) is 3.91. The first-order chi connectivity index (χ1) is 14.3. The maximum Gasteiger partial charge on any atom is 0.408 e. The number of aliphatic carboxylic acids is 1. The molecular formula is C24H26N2O4. The van der Waals surface area contributed by atoms with E-state index in [-0.39, 0.29) is 18.9 Å². The van der Waals surface area contributed by atoms with Crippen molar-refractivity contribution in [2.24, 2.45) is 5.92 Å².